The van der Waals surface area contributed by atoms with Gasteiger partial charge in [-0.3, -0.25) is 14.9 Å². The van der Waals surface area contributed by atoms with Crippen LogP contribution in [-0.2, 0) is 6.42 Å². The number of hydrogen-bond acceptors (Lipinski definition) is 5. The number of nitrogens with zero attached hydrogens (tertiary/aromatic N) is 2. The Kier molecular flexibility index (Phi) is 5.76. The third-order valence-electron chi connectivity index (χ3n) is 5.77. The summed E-state index contributed by atoms with van der Waals surface area (Å²) in [4.78, 5) is 19.7. The summed E-state index contributed by atoms with van der Waals surface area (Å²) in [6.07, 6.45) is 5.25. The molecule has 0 fully saturated rings. The number of aryl methyl sites for hydroxylation is 1. The number of fused-ring (bicyclic) bond motifs is 1. The molecule has 5 aromatic rings. The van der Waals surface area contributed by atoms with Gasteiger partial charge in [0, 0.05) is 35.1 Å². The van der Waals surface area contributed by atoms with Gasteiger partial charge < -0.3 is 20.5 Å². The fourth-order valence-electron chi connectivity index (χ4n) is 3.88. The molecule has 0 saturated carbocycles. The first kappa shape index (κ1) is 22.0. The smallest absolute Gasteiger partial charge is 0.258 e. The lowest BCUT2D eigenvalue weighted by molar-refractivity contribution is 0.102. The van der Waals surface area contributed by atoms with E-state index in [1.807, 2.05) is 49.4 Å². The highest BCUT2D eigenvalue weighted by molar-refractivity contribution is 6.04. The van der Waals surface area contributed by atoms with E-state index in [-0.39, 0.29) is 17.5 Å². The number of amides is 1. The van der Waals surface area contributed by atoms with Crippen molar-refractivity contribution in [3.63, 3.8) is 0 Å². The minimum Gasteiger partial charge on any atom is -0.508 e. The van der Waals surface area contributed by atoms with Crippen LogP contribution in [0.25, 0.3) is 10.9 Å². The molecule has 0 saturated heterocycles. The Morgan fingerprint density at radius 2 is 1.94 bits per heavy atom. The lowest BCUT2D eigenvalue weighted by atomic mass is 10.0. The van der Waals surface area contributed by atoms with E-state index in [1.165, 1.54) is 6.20 Å². The molecule has 35 heavy (non-hydrogen) atoms. The Balaban J connectivity index is 1.38. The Hall–Kier alpha value is -4.85. The van der Waals surface area contributed by atoms with Crippen LogP contribution in [-0.4, -0.2) is 37.5 Å². The predicted octanol–water partition coefficient (Wildman–Crippen LogP) is 5.20. The van der Waals surface area contributed by atoms with Crippen molar-refractivity contribution in [2.24, 2.45) is 4.99 Å². The first-order chi connectivity index (χ1) is 17.0. The predicted molar refractivity (Wildman–Crippen MR) is 136 cm³/mol. The van der Waals surface area contributed by atoms with Crippen molar-refractivity contribution in [3.8, 4) is 11.6 Å². The van der Waals surface area contributed by atoms with Gasteiger partial charge in [-0.1, -0.05) is 24.3 Å². The molecule has 0 bridgehead atoms. The van der Waals surface area contributed by atoms with Gasteiger partial charge >= 0.3 is 0 Å². The molecule has 0 radical (unpaired) electrons. The zero-order chi connectivity index (χ0) is 24.4. The highest BCUT2D eigenvalue weighted by atomic mass is 16.3. The van der Waals surface area contributed by atoms with E-state index in [2.05, 4.69) is 25.5 Å². The zero-order valence-electron chi connectivity index (χ0n) is 18.9. The number of hydrogen-bond donors (Lipinski definition) is 5. The van der Waals surface area contributed by atoms with Crippen molar-refractivity contribution in [3.05, 3.63) is 101 Å². The van der Waals surface area contributed by atoms with Crippen LogP contribution in [0, 0.1) is 6.92 Å². The molecule has 0 aliphatic heterocycles. The fourth-order valence-corrected chi connectivity index (χ4v) is 3.88. The highest BCUT2D eigenvalue weighted by Crippen LogP contribution is 2.29. The molecule has 0 unspecified atom stereocenters. The summed E-state index contributed by atoms with van der Waals surface area (Å²) < 4.78 is 0. The summed E-state index contributed by atoms with van der Waals surface area (Å²) in [5.41, 5.74) is 5.95. The summed E-state index contributed by atoms with van der Waals surface area (Å²) >= 11 is 0. The average Bonchev–Trinajstić information content (AvgIpc) is 3.48. The number of carbonyl (C=O) groups excluding carboxylic acids is 1. The van der Waals surface area contributed by atoms with Crippen LogP contribution in [0.2, 0.25) is 0 Å². The molecule has 3 aromatic carbocycles. The third kappa shape index (κ3) is 4.77. The second-order valence-corrected chi connectivity index (χ2v) is 8.31. The molecule has 0 aliphatic carbocycles. The van der Waals surface area contributed by atoms with Crippen molar-refractivity contribution >= 4 is 34.4 Å². The molecule has 174 valence electrons. The number of carbonyl (C=O) groups is 1. The first-order valence-corrected chi connectivity index (χ1v) is 11.0. The number of nitrogens with one attached hydrogen (secondary N) is 3. The topological polar surface area (TPSA) is 126 Å². The Labute approximate surface area is 201 Å². The fraction of sp³-hybridized carbons (Fsp3) is 0.0741. The summed E-state index contributed by atoms with van der Waals surface area (Å²) in [5.74, 6) is -0.0274. The van der Waals surface area contributed by atoms with Crippen LogP contribution in [0.5, 0.6) is 11.6 Å². The molecule has 1 amide bonds. The first-order valence-electron chi connectivity index (χ1n) is 11.0. The van der Waals surface area contributed by atoms with Gasteiger partial charge in [0.05, 0.1) is 23.0 Å². The van der Waals surface area contributed by atoms with E-state index in [0.29, 0.717) is 28.9 Å². The van der Waals surface area contributed by atoms with Crippen LogP contribution in [0.4, 0.5) is 11.4 Å². The van der Waals surface area contributed by atoms with Crippen LogP contribution in [0.3, 0.4) is 0 Å². The van der Waals surface area contributed by atoms with E-state index in [0.717, 1.165) is 27.6 Å². The number of H-pyrrole nitrogens is 2. The quantitative estimate of drug-likeness (QED) is 0.221. The number of benzene rings is 3. The number of aromatic amines is 2. The molecule has 8 nitrogen and oxygen atoms in total. The summed E-state index contributed by atoms with van der Waals surface area (Å²) in [7, 11) is 0. The number of aromatic nitrogens is 3. The minimum atomic E-state index is -0.231. The summed E-state index contributed by atoms with van der Waals surface area (Å²) in [6.45, 7) is 1.82. The van der Waals surface area contributed by atoms with Crippen molar-refractivity contribution in [2.75, 3.05) is 5.32 Å². The molecule has 5 rings (SSSR count). The van der Waals surface area contributed by atoms with Gasteiger partial charge in [-0.25, -0.2) is 0 Å². The molecule has 0 aliphatic rings. The van der Waals surface area contributed by atoms with E-state index in [1.54, 1.807) is 30.6 Å². The lowest BCUT2D eigenvalue weighted by Crippen LogP contribution is -2.11. The number of phenolic OH excluding ortho intramolecular Hbond substituents is 1. The van der Waals surface area contributed by atoms with Crippen molar-refractivity contribution in [1.29, 1.82) is 0 Å². The van der Waals surface area contributed by atoms with Gasteiger partial charge in [0.15, 0.2) is 5.88 Å². The second-order valence-electron chi connectivity index (χ2n) is 8.31. The molecule has 2 aromatic heterocycles. The largest absolute Gasteiger partial charge is 0.508 e. The maximum absolute atomic E-state index is 12.3. The Morgan fingerprint density at radius 1 is 1.09 bits per heavy atom. The number of aromatic hydroxyl groups is 2. The number of phenols is 1. The van der Waals surface area contributed by atoms with Gasteiger partial charge in [0.25, 0.3) is 5.91 Å². The molecule has 8 heteroatoms. The monoisotopic (exact) mass is 465 g/mol. The third-order valence-corrected chi connectivity index (χ3v) is 5.77. The average molecular weight is 466 g/mol. The van der Waals surface area contributed by atoms with Gasteiger partial charge in [-0.2, -0.15) is 5.10 Å². The SMILES string of the molecule is Cc1ccc(N=Cc2c(O)[nH]c3ccc(Cc4cccc(NC(=O)c5cn[nH]c5)c4)cc23)cc1O. The molecule has 0 atom stereocenters. The van der Waals surface area contributed by atoms with Crippen molar-refractivity contribution < 1.29 is 15.0 Å². The number of anilines is 1. The highest BCUT2D eigenvalue weighted by Gasteiger charge is 2.11. The number of aliphatic imine (C=N–C) groups is 1. The van der Waals surface area contributed by atoms with Gasteiger partial charge in [-0.15, -0.1) is 0 Å². The number of rotatable bonds is 6. The second kappa shape index (κ2) is 9.18. The van der Waals surface area contributed by atoms with Crippen molar-refractivity contribution in [2.45, 2.75) is 13.3 Å². The molecule has 0 spiro atoms. The minimum absolute atomic E-state index is 0.0289. The van der Waals surface area contributed by atoms with E-state index >= 15 is 0 Å². The molecular weight excluding hydrogens is 442 g/mol. The molecule has 2 heterocycles. The van der Waals surface area contributed by atoms with Crippen LogP contribution >= 0.6 is 0 Å². The maximum atomic E-state index is 12.3. The van der Waals surface area contributed by atoms with Crippen LogP contribution in [0.1, 0.15) is 32.6 Å². The maximum Gasteiger partial charge on any atom is 0.258 e. The van der Waals surface area contributed by atoms with Crippen molar-refractivity contribution in [1.82, 2.24) is 15.2 Å². The normalized spacial score (nSPS) is 11.3. The van der Waals surface area contributed by atoms with E-state index < -0.39 is 0 Å². The zero-order valence-corrected chi connectivity index (χ0v) is 18.9. The Morgan fingerprint density at radius 3 is 2.74 bits per heavy atom. The lowest BCUT2D eigenvalue weighted by Gasteiger charge is -2.07. The van der Waals surface area contributed by atoms with Gasteiger partial charge in [0.2, 0.25) is 0 Å². The van der Waals surface area contributed by atoms with Crippen LogP contribution in [0.15, 0.2) is 78.0 Å². The van der Waals surface area contributed by atoms with E-state index in [4.69, 9.17) is 0 Å². The van der Waals surface area contributed by atoms with Gasteiger partial charge in [0.1, 0.15) is 5.75 Å². The Bertz CT molecular complexity index is 1550. The van der Waals surface area contributed by atoms with Gasteiger partial charge in [-0.05, 0) is 60.4 Å². The van der Waals surface area contributed by atoms with E-state index in [9.17, 15) is 15.0 Å². The van der Waals surface area contributed by atoms with Crippen LogP contribution < -0.4 is 5.32 Å². The standard InChI is InChI=1S/C27H23N5O3/c1-16-5-7-20(12-25(16)33)28-15-23-22-11-18(6-8-24(22)32-27(23)35)9-17-3-2-4-21(10-17)31-26(34)19-13-29-30-14-19/h2-8,10-15,32-33,35H,9H2,1H3,(H,29,30)(H,31,34). The molecule has 5 N–H and O–H groups in total. The summed E-state index contributed by atoms with van der Waals surface area (Å²) in [5, 5.41) is 30.5. The molecular formula is C27H23N5O3. The summed E-state index contributed by atoms with van der Waals surface area (Å²) in [6, 6.07) is 18.8.